The number of carbonyl (C=O) groups excluding carboxylic acids is 2. The molecule has 0 aromatic rings. The standard InChI is InChI=1S/C56H110NO8P/c1-6-8-10-12-14-16-18-20-22-24-25-26-27-28-29-30-31-33-34-36-38-40-42-44-46-48-55(58)62-52-54(53-64-66(60,61)63-51-50-57(3,4)5)65-56(59)49-47-45-43-41-39-37-35-32-23-21-19-17-15-13-11-9-7-2/h21,23,54H,6-20,22,24-53H2,1-5H3/b23-21-. The number of likely N-dealkylation sites (N-methyl/N-ethyl adjacent to an activating group) is 1. The predicted molar refractivity (Wildman–Crippen MR) is 278 cm³/mol. The fourth-order valence-electron chi connectivity index (χ4n) is 8.36. The highest BCUT2D eigenvalue weighted by molar-refractivity contribution is 7.45. The Morgan fingerprint density at radius 2 is 0.773 bits per heavy atom. The topological polar surface area (TPSA) is 111 Å². The molecule has 66 heavy (non-hydrogen) atoms. The molecule has 2 unspecified atom stereocenters. The average molecular weight is 956 g/mol. The van der Waals surface area contributed by atoms with Crippen molar-refractivity contribution < 1.29 is 42.1 Å². The highest BCUT2D eigenvalue weighted by Gasteiger charge is 2.22. The first-order valence-electron chi connectivity index (χ1n) is 28.4. The molecule has 0 rings (SSSR count). The van der Waals surface area contributed by atoms with Crippen LogP contribution in [0.2, 0.25) is 0 Å². The lowest BCUT2D eigenvalue weighted by atomic mass is 10.0. The molecule has 0 aromatic carbocycles. The maximum absolute atomic E-state index is 12.8. The molecular weight excluding hydrogens is 846 g/mol. The number of quaternary nitrogens is 1. The molecule has 0 aliphatic carbocycles. The second-order valence-electron chi connectivity index (χ2n) is 20.7. The number of hydrogen-bond acceptors (Lipinski definition) is 8. The molecule has 0 radical (unpaired) electrons. The van der Waals surface area contributed by atoms with Crippen LogP contribution >= 0.6 is 7.82 Å². The molecule has 9 nitrogen and oxygen atoms in total. The first-order chi connectivity index (χ1) is 32.0. The van der Waals surface area contributed by atoms with Gasteiger partial charge in [0.05, 0.1) is 27.7 Å². The van der Waals surface area contributed by atoms with Crippen LogP contribution in [0.25, 0.3) is 0 Å². The summed E-state index contributed by atoms with van der Waals surface area (Å²) < 4.78 is 34.1. The lowest BCUT2D eigenvalue weighted by Gasteiger charge is -2.28. The van der Waals surface area contributed by atoms with Crippen LogP contribution in [0.15, 0.2) is 12.2 Å². The highest BCUT2D eigenvalue weighted by atomic mass is 31.2. The summed E-state index contributed by atoms with van der Waals surface area (Å²) >= 11 is 0. The molecule has 0 spiro atoms. The predicted octanol–water partition coefficient (Wildman–Crippen LogP) is 16.6. The third kappa shape index (κ3) is 52.1. The van der Waals surface area contributed by atoms with Gasteiger partial charge in [0, 0.05) is 12.8 Å². The molecule has 0 aromatic heterocycles. The molecule has 0 saturated heterocycles. The summed E-state index contributed by atoms with van der Waals surface area (Å²) in [5, 5.41) is 0. The first-order valence-corrected chi connectivity index (χ1v) is 29.9. The van der Waals surface area contributed by atoms with E-state index in [4.69, 9.17) is 18.5 Å². The molecule has 392 valence electrons. The van der Waals surface area contributed by atoms with Crippen molar-refractivity contribution >= 4 is 19.8 Å². The van der Waals surface area contributed by atoms with Gasteiger partial charge in [-0.05, 0) is 38.5 Å². The van der Waals surface area contributed by atoms with Crippen LogP contribution < -0.4 is 4.89 Å². The van der Waals surface area contributed by atoms with Crippen molar-refractivity contribution in [3.05, 3.63) is 12.2 Å². The largest absolute Gasteiger partial charge is 0.756 e. The van der Waals surface area contributed by atoms with E-state index in [1.807, 2.05) is 21.1 Å². The summed E-state index contributed by atoms with van der Waals surface area (Å²) in [5.74, 6) is -0.821. The molecule has 10 heteroatoms. The van der Waals surface area contributed by atoms with Gasteiger partial charge in [-0.15, -0.1) is 0 Å². The maximum atomic E-state index is 12.8. The van der Waals surface area contributed by atoms with E-state index in [9.17, 15) is 19.0 Å². The van der Waals surface area contributed by atoms with E-state index in [1.54, 1.807) is 0 Å². The molecule has 0 saturated carbocycles. The van der Waals surface area contributed by atoms with Crippen LogP contribution in [0.3, 0.4) is 0 Å². The summed E-state index contributed by atoms with van der Waals surface area (Å²) in [7, 11) is 1.18. The molecule has 0 heterocycles. The Balaban J connectivity index is 4.10. The van der Waals surface area contributed by atoms with Gasteiger partial charge < -0.3 is 27.9 Å². The number of phosphoric ester groups is 1. The minimum absolute atomic E-state index is 0.0281. The second-order valence-corrected chi connectivity index (χ2v) is 22.1. The van der Waals surface area contributed by atoms with Gasteiger partial charge in [-0.2, -0.15) is 0 Å². The molecule has 0 aliphatic rings. The number of phosphoric acid groups is 1. The minimum atomic E-state index is -4.63. The Kier molecular flexibility index (Phi) is 47.8. The second kappa shape index (κ2) is 48.8. The van der Waals surface area contributed by atoms with Crippen molar-refractivity contribution in [3.8, 4) is 0 Å². The quantitative estimate of drug-likeness (QED) is 0.0195. The number of hydrogen-bond donors (Lipinski definition) is 0. The van der Waals surface area contributed by atoms with E-state index in [0.29, 0.717) is 17.4 Å². The van der Waals surface area contributed by atoms with Gasteiger partial charge in [0.2, 0.25) is 0 Å². The van der Waals surface area contributed by atoms with Crippen LogP contribution in [0.4, 0.5) is 0 Å². The van der Waals surface area contributed by atoms with E-state index in [1.165, 1.54) is 205 Å². The number of esters is 2. The fraction of sp³-hybridized carbons (Fsp3) is 0.929. The van der Waals surface area contributed by atoms with Gasteiger partial charge >= 0.3 is 11.9 Å². The van der Waals surface area contributed by atoms with Crippen molar-refractivity contribution in [2.75, 3.05) is 47.5 Å². The third-order valence-corrected chi connectivity index (χ3v) is 13.7. The third-order valence-electron chi connectivity index (χ3n) is 12.8. The number of unbranched alkanes of at least 4 members (excludes halogenated alkanes) is 37. The van der Waals surface area contributed by atoms with Gasteiger partial charge in [0.1, 0.15) is 19.8 Å². The smallest absolute Gasteiger partial charge is 0.306 e. The minimum Gasteiger partial charge on any atom is -0.756 e. The van der Waals surface area contributed by atoms with Gasteiger partial charge in [-0.1, -0.05) is 244 Å². The molecule has 2 atom stereocenters. The Morgan fingerprint density at radius 3 is 1.12 bits per heavy atom. The molecule has 0 fully saturated rings. The Labute approximate surface area is 409 Å². The van der Waals surface area contributed by atoms with Crippen LogP contribution in [-0.4, -0.2) is 70.0 Å². The van der Waals surface area contributed by atoms with E-state index >= 15 is 0 Å². The SMILES string of the molecule is CCCCCCCC/C=C\CCCCCCCCCC(=O)OC(COC(=O)CCCCCCCCCCCCCCCCCCCCCCCCCCC)COP(=O)([O-])OCC[N+](C)(C)C. The van der Waals surface area contributed by atoms with E-state index in [2.05, 4.69) is 26.0 Å². The first kappa shape index (κ1) is 64.8. The van der Waals surface area contributed by atoms with Crippen molar-refractivity contribution in [1.82, 2.24) is 0 Å². The van der Waals surface area contributed by atoms with E-state index < -0.39 is 26.5 Å². The normalized spacial score (nSPS) is 13.4. The zero-order chi connectivity index (χ0) is 48.5. The summed E-state index contributed by atoms with van der Waals surface area (Å²) in [4.78, 5) is 37.8. The van der Waals surface area contributed by atoms with E-state index in [0.717, 1.165) is 44.9 Å². The van der Waals surface area contributed by atoms with Gasteiger partial charge in [0.25, 0.3) is 7.82 Å². The van der Waals surface area contributed by atoms with E-state index in [-0.39, 0.29) is 32.0 Å². The molecule has 0 N–H and O–H groups in total. The van der Waals surface area contributed by atoms with Crippen molar-refractivity contribution in [1.29, 1.82) is 0 Å². The van der Waals surface area contributed by atoms with Crippen molar-refractivity contribution in [2.24, 2.45) is 0 Å². The monoisotopic (exact) mass is 956 g/mol. The van der Waals surface area contributed by atoms with Crippen LogP contribution in [0.1, 0.15) is 284 Å². The number of ether oxygens (including phenoxy) is 2. The van der Waals surface area contributed by atoms with Gasteiger partial charge in [-0.25, -0.2) is 0 Å². The molecule has 0 amide bonds. The molecular formula is C56H110NO8P. The zero-order valence-electron chi connectivity index (χ0n) is 44.4. The summed E-state index contributed by atoms with van der Waals surface area (Å²) in [5.41, 5.74) is 0. The lowest BCUT2D eigenvalue weighted by molar-refractivity contribution is -0.870. The molecule has 0 bridgehead atoms. The molecule has 0 aliphatic heterocycles. The van der Waals surface area contributed by atoms with Gasteiger partial charge in [0.15, 0.2) is 6.10 Å². The zero-order valence-corrected chi connectivity index (χ0v) is 45.3. The number of allylic oxidation sites excluding steroid dienone is 2. The number of rotatable bonds is 53. The number of carbonyl (C=O) groups is 2. The fourth-order valence-corrected chi connectivity index (χ4v) is 9.09. The Bertz CT molecular complexity index is 1130. The van der Waals surface area contributed by atoms with Gasteiger partial charge in [-0.3, -0.25) is 14.2 Å². The van der Waals surface area contributed by atoms with Crippen LogP contribution in [0.5, 0.6) is 0 Å². The number of nitrogens with zero attached hydrogens (tertiary/aromatic N) is 1. The van der Waals surface area contributed by atoms with Crippen molar-refractivity contribution in [3.63, 3.8) is 0 Å². The average Bonchev–Trinajstić information content (AvgIpc) is 3.27. The van der Waals surface area contributed by atoms with Crippen LogP contribution in [0, 0.1) is 0 Å². The lowest BCUT2D eigenvalue weighted by Crippen LogP contribution is -2.37. The summed E-state index contributed by atoms with van der Waals surface area (Å²) in [6, 6.07) is 0. The summed E-state index contributed by atoms with van der Waals surface area (Å²) in [6.07, 6.45) is 55.4. The van der Waals surface area contributed by atoms with Crippen LogP contribution in [-0.2, 0) is 32.7 Å². The van der Waals surface area contributed by atoms with Crippen molar-refractivity contribution in [2.45, 2.75) is 290 Å². The summed E-state index contributed by atoms with van der Waals surface area (Å²) in [6.45, 7) is 4.28. The Morgan fingerprint density at radius 1 is 0.455 bits per heavy atom. The maximum Gasteiger partial charge on any atom is 0.306 e. The highest BCUT2D eigenvalue weighted by Crippen LogP contribution is 2.38. The Hall–Kier alpha value is -1.25.